The highest BCUT2D eigenvalue weighted by molar-refractivity contribution is 14.1. The molecular formula is C29H25Cl2IN2O5S. The second kappa shape index (κ2) is 13.8. The maximum absolute atomic E-state index is 13.0. The molecule has 7 nitrogen and oxygen atoms in total. The molecule has 0 spiro atoms. The number of nitrogens with zero attached hydrogens (tertiary/aromatic N) is 2. The maximum Gasteiger partial charge on any atom is 0.338 e. The lowest BCUT2D eigenvalue weighted by molar-refractivity contribution is -0.121. The second-order valence-corrected chi connectivity index (χ2v) is 11.4. The first kappa shape index (κ1) is 30.2. The van der Waals surface area contributed by atoms with Crippen molar-refractivity contribution in [3.8, 4) is 11.5 Å². The fraction of sp³-hybridized carbons (Fsp3) is 0.207. The van der Waals surface area contributed by atoms with E-state index in [1.165, 1.54) is 16.7 Å². The highest BCUT2D eigenvalue weighted by Crippen LogP contribution is 2.38. The molecule has 0 radical (unpaired) electrons. The minimum Gasteiger partial charge on any atom is -0.490 e. The normalized spacial score (nSPS) is 15.2. The van der Waals surface area contributed by atoms with Crippen molar-refractivity contribution in [1.29, 1.82) is 0 Å². The summed E-state index contributed by atoms with van der Waals surface area (Å²) in [5, 5.41) is 1.48. The van der Waals surface area contributed by atoms with Crippen molar-refractivity contribution >= 4 is 86.4 Å². The molecule has 4 rings (SSSR count). The first-order valence-electron chi connectivity index (χ1n) is 12.3. The van der Waals surface area contributed by atoms with Gasteiger partial charge in [-0.1, -0.05) is 29.3 Å². The Labute approximate surface area is 260 Å². The summed E-state index contributed by atoms with van der Waals surface area (Å²) in [6.45, 7) is 4.69. The average molecular weight is 711 g/mol. The van der Waals surface area contributed by atoms with Crippen LogP contribution >= 0.6 is 57.6 Å². The minimum absolute atomic E-state index is 0.167. The van der Waals surface area contributed by atoms with Crippen LogP contribution in [0.4, 0.5) is 5.69 Å². The standard InChI is InChI=1S/C29H25Cl2IN2O5S/c1-4-37-24-14-18(13-23(32)26(24)39-16-17-6-11-21(30)22(31)12-17)15-25-27(35)34(3)29(40-25)33-20-9-7-19(8-10-20)28(36)38-5-2/h6-15H,4-5,16H2,1-3H3. The van der Waals surface area contributed by atoms with E-state index in [4.69, 9.17) is 37.4 Å². The number of benzene rings is 3. The van der Waals surface area contributed by atoms with Crippen LogP contribution in [0.3, 0.4) is 0 Å². The van der Waals surface area contributed by atoms with Crippen molar-refractivity contribution in [3.63, 3.8) is 0 Å². The summed E-state index contributed by atoms with van der Waals surface area (Å²) in [4.78, 5) is 31.5. The summed E-state index contributed by atoms with van der Waals surface area (Å²) in [5.41, 5.74) is 2.73. The molecule has 1 aliphatic rings. The van der Waals surface area contributed by atoms with E-state index >= 15 is 0 Å². The molecule has 3 aromatic carbocycles. The zero-order chi connectivity index (χ0) is 28.8. The third kappa shape index (κ3) is 7.31. The number of carbonyl (C=O) groups is 2. The van der Waals surface area contributed by atoms with E-state index in [2.05, 4.69) is 27.6 Å². The summed E-state index contributed by atoms with van der Waals surface area (Å²) in [6.07, 6.45) is 1.81. The summed E-state index contributed by atoms with van der Waals surface area (Å²) in [6, 6.07) is 15.9. The van der Waals surface area contributed by atoms with Gasteiger partial charge in [0.2, 0.25) is 0 Å². The second-order valence-electron chi connectivity index (χ2n) is 8.44. The van der Waals surface area contributed by atoms with E-state index < -0.39 is 0 Å². The number of likely N-dealkylation sites (N-methyl/N-ethyl adjacent to an activating group) is 1. The van der Waals surface area contributed by atoms with Gasteiger partial charge in [-0.2, -0.15) is 0 Å². The van der Waals surface area contributed by atoms with Crippen LogP contribution < -0.4 is 9.47 Å². The van der Waals surface area contributed by atoms with Gasteiger partial charge >= 0.3 is 5.97 Å². The van der Waals surface area contributed by atoms with Gasteiger partial charge in [-0.25, -0.2) is 9.79 Å². The smallest absolute Gasteiger partial charge is 0.338 e. The van der Waals surface area contributed by atoms with Gasteiger partial charge in [-0.05, 0) is 114 Å². The molecule has 11 heteroatoms. The van der Waals surface area contributed by atoms with Crippen molar-refractivity contribution < 1.29 is 23.8 Å². The van der Waals surface area contributed by atoms with Gasteiger partial charge in [0, 0.05) is 7.05 Å². The molecule has 208 valence electrons. The van der Waals surface area contributed by atoms with Crippen molar-refractivity contribution in [3.05, 3.63) is 89.8 Å². The Morgan fingerprint density at radius 1 is 1.02 bits per heavy atom. The molecule has 0 atom stereocenters. The maximum atomic E-state index is 13.0. The number of ether oxygens (including phenoxy) is 3. The predicted molar refractivity (Wildman–Crippen MR) is 169 cm³/mol. The van der Waals surface area contributed by atoms with Gasteiger partial charge in [0.25, 0.3) is 5.91 Å². The fourth-order valence-electron chi connectivity index (χ4n) is 3.66. The van der Waals surface area contributed by atoms with Crippen molar-refractivity contribution in [1.82, 2.24) is 4.90 Å². The Kier molecular flexibility index (Phi) is 10.4. The third-order valence-corrected chi connectivity index (χ3v) is 8.20. The molecule has 0 aliphatic carbocycles. The molecule has 1 saturated heterocycles. The van der Waals surface area contributed by atoms with Crippen LogP contribution in [0.25, 0.3) is 6.08 Å². The molecule has 1 heterocycles. The van der Waals surface area contributed by atoms with Crippen molar-refractivity contribution in [2.75, 3.05) is 20.3 Å². The molecule has 0 saturated carbocycles. The average Bonchev–Trinajstić information content (AvgIpc) is 3.18. The number of amidine groups is 1. The lowest BCUT2D eigenvalue weighted by Crippen LogP contribution is -2.23. The minimum atomic E-state index is -0.388. The van der Waals surface area contributed by atoms with E-state index in [0.29, 0.717) is 56.1 Å². The van der Waals surface area contributed by atoms with Crippen LogP contribution in [0.1, 0.15) is 35.3 Å². The number of carbonyl (C=O) groups excluding carboxylic acids is 2. The molecule has 1 fully saturated rings. The summed E-state index contributed by atoms with van der Waals surface area (Å²) in [5.74, 6) is 0.619. The molecule has 0 aromatic heterocycles. The van der Waals surface area contributed by atoms with Gasteiger partial charge in [-0.3, -0.25) is 9.69 Å². The molecule has 3 aromatic rings. The quantitative estimate of drug-likeness (QED) is 0.127. The van der Waals surface area contributed by atoms with Crippen molar-refractivity contribution in [2.45, 2.75) is 20.5 Å². The Balaban J connectivity index is 1.54. The molecular weight excluding hydrogens is 686 g/mol. The van der Waals surface area contributed by atoms with Crippen molar-refractivity contribution in [2.24, 2.45) is 4.99 Å². The fourth-order valence-corrected chi connectivity index (χ4v) is 5.75. The lowest BCUT2D eigenvalue weighted by Gasteiger charge is -2.15. The molecule has 0 unspecified atom stereocenters. The number of halogens is 3. The molecule has 40 heavy (non-hydrogen) atoms. The Morgan fingerprint density at radius 3 is 2.45 bits per heavy atom. The summed E-state index contributed by atoms with van der Waals surface area (Å²) >= 11 is 15.6. The SMILES string of the molecule is CCOC(=O)c1ccc(N=C2SC(=Cc3cc(I)c(OCc4ccc(Cl)c(Cl)c4)c(OCC)c3)C(=O)N2C)cc1. The number of thioether (sulfide) groups is 1. The number of hydrogen-bond acceptors (Lipinski definition) is 7. The van der Waals surface area contributed by atoms with E-state index in [0.717, 1.165) is 14.7 Å². The lowest BCUT2D eigenvalue weighted by atomic mass is 10.1. The van der Waals surface area contributed by atoms with E-state index in [1.807, 2.05) is 31.2 Å². The summed E-state index contributed by atoms with van der Waals surface area (Å²) in [7, 11) is 1.68. The van der Waals surface area contributed by atoms with Crippen LogP contribution in [0.15, 0.2) is 64.5 Å². The number of rotatable bonds is 9. The highest BCUT2D eigenvalue weighted by atomic mass is 127. The largest absolute Gasteiger partial charge is 0.490 e. The van der Waals surface area contributed by atoms with Gasteiger partial charge in [0.15, 0.2) is 16.7 Å². The third-order valence-electron chi connectivity index (χ3n) is 5.60. The van der Waals surface area contributed by atoms with Gasteiger partial charge < -0.3 is 14.2 Å². The van der Waals surface area contributed by atoms with Crippen LogP contribution in [0.2, 0.25) is 10.0 Å². The Hall–Kier alpha value is -2.73. The zero-order valence-corrected chi connectivity index (χ0v) is 26.4. The number of esters is 1. The molecule has 1 aliphatic heterocycles. The van der Waals surface area contributed by atoms with Gasteiger partial charge in [-0.15, -0.1) is 0 Å². The first-order valence-corrected chi connectivity index (χ1v) is 14.9. The first-order chi connectivity index (χ1) is 19.2. The highest BCUT2D eigenvalue weighted by Gasteiger charge is 2.30. The topological polar surface area (TPSA) is 77.4 Å². The van der Waals surface area contributed by atoms with Gasteiger partial charge in [0.05, 0.1) is 43.0 Å². The molecule has 1 amide bonds. The van der Waals surface area contributed by atoms with E-state index in [9.17, 15) is 9.59 Å². The Morgan fingerprint density at radius 2 is 1.77 bits per heavy atom. The molecule has 0 bridgehead atoms. The summed E-state index contributed by atoms with van der Waals surface area (Å²) < 4.78 is 17.8. The predicted octanol–water partition coefficient (Wildman–Crippen LogP) is 7.99. The van der Waals surface area contributed by atoms with E-state index in [1.54, 1.807) is 50.4 Å². The van der Waals surface area contributed by atoms with Crippen LogP contribution in [0.5, 0.6) is 11.5 Å². The number of amides is 1. The Bertz CT molecular complexity index is 1490. The zero-order valence-electron chi connectivity index (χ0n) is 21.9. The number of aliphatic imine (C=N–C) groups is 1. The van der Waals surface area contributed by atoms with E-state index in [-0.39, 0.29) is 18.5 Å². The number of hydrogen-bond donors (Lipinski definition) is 0. The van der Waals surface area contributed by atoms with Gasteiger partial charge in [0.1, 0.15) is 6.61 Å². The monoisotopic (exact) mass is 710 g/mol. The van der Waals surface area contributed by atoms with Crippen LogP contribution in [-0.4, -0.2) is 42.2 Å². The van der Waals surface area contributed by atoms with Crippen LogP contribution in [0, 0.1) is 3.57 Å². The van der Waals surface area contributed by atoms with Crippen LogP contribution in [-0.2, 0) is 16.1 Å². The molecule has 0 N–H and O–H groups in total.